The highest BCUT2D eigenvalue weighted by Crippen LogP contribution is 2.34. The van der Waals surface area contributed by atoms with Gasteiger partial charge in [-0.25, -0.2) is 4.39 Å². The first-order valence-corrected chi connectivity index (χ1v) is 4.59. The zero-order chi connectivity index (χ0) is 10.1. The van der Waals surface area contributed by atoms with Crippen LogP contribution in [0.4, 0.5) is 4.39 Å². The summed E-state index contributed by atoms with van der Waals surface area (Å²) in [7, 11) is 0. The van der Waals surface area contributed by atoms with Crippen molar-refractivity contribution >= 4 is 17.2 Å². The molecule has 0 amide bonds. The Morgan fingerprint density at radius 2 is 2.07 bits per heavy atom. The van der Waals surface area contributed by atoms with Crippen molar-refractivity contribution in [3.05, 3.63) is 46.8 Å². The van der Waals surface area contributed by atoms with Gasteiger partial charge in [0.05, 0.1) is 0 Å². The number of hydrogen-bond acceptors (Lipinski definition) is 1. The Morgan fingerprint density at radius 3 is 2.71 bits per heavy atom. The molecule has 0 radical (unpaired) electrons. The Morgan fingerprint density at radius 1 is 1.29 bits per heavy atom. The van der Waals surface area contributed by atoms with Crippen molar-refractivity contribution in [1.82, 2.24) is 0 Å². The molecule has 1 N–H and O–H groups in total. The summed E-state index contributed by atoms with van der Waals surface area (Å²) < 4.78 is 12.9. The van der Waals surface area contributed by atoms with Crippen molar-refractivity contribution in [2.45, 2.75) is 6.42 Å². The fourth-order valence-electron chi connectivity index (χ4n) is 1.44. The summed E-state index contributed by atoms with van der Waals surface area (Å²) in [5, 5.41) is 10.2. The average Bonchev–Trinajstić information content (AvgIpc) is 2.56. The molecule has 0 fully saturated rings. The number of hydrogen-bond donors (Lipinski definition) is 1. The highest BCUT2D eigenvalue weighted by Gasteiger charge is 2.12. The summed E-state index contributed by atoms with van der Waals surface area (Å²) in [5.74, 6) is -0.279. The predicted molar refractivity (Wildman–Crippen MR) is 54.6 cm³/mol. The summed E-state index contributed by atoms with van der Waals surface area (Å²) in [5.41, 5.74) is 1.35. The molecule has 0 unspecified atom stereocenters. The van der Waals surface area contributed by atoms with Crippen LogP contribution in [0.15, 0.2) is 35.4 Å². The lowest BCUT2D eigenvalue weighted by Crippen LogP contribution is -1.85. The van der Waals surface area contributed by atoms with Crippen LogP contribution < -0.4 is 0 Å². The van der Waals surface area contributed by atoms with E-state index in [2.05, 4.69) is 0 Å². The molecule has 1 aliphatic carbocycles. The third kappa shape index (κ3) is 1.66. The van der Waals surface area contributed by atoms with Gasteiger partial charge >= 0.3 is 0 Å². The van der Waals surface area contributed by atoms with Crippen molar-refractivity contribution in [1.29, 1.82) is 0 Å². The molecule has 0 aliphatic heterocycles. The molecule has 1 nitrogen and oxygen atoms in total. The van der Waals surface area contributed by atoms with Gasteiger partial charge in [-0.1, -0.05) is 17.7 Å². The molecule has 1 aliphatic rings. The van der Waals surface area contributed by atoms with Crippen LogP contribution in [0.1, 0.15) is 12.0 Å². The molecular weight excluding hydrogens is 203 g/mol. The molecule has 0 atom stereocenters. The molecular formula is C11H8ClFO. The van der Waals surface area contributed by atoms with Crippen LogP contribution in [0.3, 0.4) is 0 Å². The molecule has 0 saturated heterocycles. The summed E-state index contributed by atoms with van der Waals surface area (Å²) >= 11 is 5.78. The van der Waals surface area contributed by atoms with E-state index < -0.39 is 0 Å². The SMILES string of the molecule is Oc1ccc(F)cc1C1=CC=C(Cl)C1. The van der Waals surface area contributed by atoms with Gasteiger partial charge < -0.3 is 5.11 Å². The number of phenolic OH excluding ortho intramolecular Hbond substituents is 1. The summed E-state index contributed by atoms with van der Waals surface area (Å²) in [6.07, 6.45) is 4.09. The van der Waals surface area contributed by atoms with Crippen LogP contribution in [-0.4, -0.2) is 5.11 Å². The quantitative estimate of drug-likeness (QED) is 0.753. The number of halogens is 2. The van der Waals surface area contributed by atoms with Gasteiger partial charge in [-0.15, -0.1) is 0 Å². The third-order valence-corrected chi connectivity index (χ3v) is 2.39. The minimum absolute atomic E-state index is 0.0809. The van der Waals surface area contributed by atoms with Crippen molar-refractivity contribution in [2.75, 3.05) is 0 Å². The van der Waals surface area contributed by atoms with E-state index in [1.165, 1.54) is 18.2 Å². The molecule has 0 bridgehead atoms. The van der Waals surface area contributed by atoms with Crippen LogP contribution in [0.2, 0.25) is 0 Å². The monoisotopic (exact) mass is 210 g/mol. The second-order valence-corrected chi connectivity index (χ2v) is 3.63. The molecule has 0 heterocycles. The van der Waals surface area contributed by atoms with Crippen LogP contribution in [-0.2, 0) is 0 Å². The minimum atomic E-state index is -0.360. The molecule has 14 heavy (non-hydrogen) atoms. The zero-order valence-corrected chi connectivity index (χ0v) is 8.05. The highest BCUT2D eigenvalue weighted by molar-refractivity contribution is 6.31. The van der Waals surface area contributed by atoms with Crippen molar-refractivity contribution in [3.63, 3.8) is 0 Å². The number of aromatic hydroxyl groups is 1. The van der Waals surface area contributed by atoms with Crippen LogP contribution in [0.25, 0.3) is 5.57 Å². The lowest BCUT2D eigenvalue weighted by Gasteiger charge is -2.05. The van der Waals surface area contributed by atoms with E-state index in [0.29, 0.717) is 17.0 Å². The van der Waals surface area contributed by atoms with E-state index in [1.807, 2.05) is 0 Å². The van der Waals surface area contributed by atoms with Gasteiger partial charge in [-0.05, 0) is 29.8 Å². The first kappa shape index (κ1) is 9.28. The summed E-state index contributed by atoms with van der Waals surface area (Å²) in [4.78, 5) is 0. The second kappa shape index (κ2) is 3.46. The Labute approximate surface area is 86.1 Å². The largest absolute Gasteiger partial charge is 0.507 e. The van der Waals surface area contributed by atoms with Crippen LogP contribution >= 0.6 is 11.6 Å². The minimum Gasteiger partial charge on any atom is -0.507 e. The van der Waals surface area contributed by atoms with Crippen molar-refractivity contribution < 1.29 is 9.50 Å². The third-order valence-electron chi connectivity index (χ3n) is 2.13. The lowest BCUT2D eigenvalue weighted by atomic mass is 10.0. The smallest absolute Gasteiger partial charge is 0.124 e. The maximum atomic E-state index is 12.9. The predicted octanol–water partition coefficient (Wildman–Crippen LogP) is 3.44. The standard InChI is InChI=1S/C11H8ClFO/c12-8-2-1-7(5-8)10-6-9(13)3-4-11(10)14/h1-4,6,14H,5H2. The summed E-state index contributed by atoms with van der Waals surface area (Å²) in [6, 6.07) is 3.88. The van der Waals surface area contributed by atoms with Gasteiger partial charge in [0.1, 0.15) is 11.6 Å². The van der Waals surface area contributed by atoms with Gasteiger partial charge in [0.2, 0.25) is 0 Å². The van der Waals surface area contributed by atoms with E-state index in [-0.39, 0.29) is 11.6 Å². The van der Waals surface area contributed by atoms with E-state index in [0.717, 1.165) is 5.57 Å². The van der Waals surface area contributed by atoms with E-state index in [1.54, 1.807) is 12.2 Å². The Hall–Kier alpha value is -1.28. The molecule has 3 heteroatoms. The molecule has 0 spiro atoms. The van der Waals surface area contributed by atoms with Gasteiger partial charge in [0, 0.05) is 17.0 Å². The van der Waals surface area contributed by atoms with Gasteiger partial charge in [0.15, 0.2) is 0 Å². The molecule has 1 aromatic carbocycles. The molecule has 0 saturated carbocycles. The molecule has 2 rings (SSSR count). The average molecular weight is 211 g/mol. The number of benzene rings is 1. The Balaban J connectivity index is 2.38. The highest BCUT2D eigenvalue weighted by atomic mass is 35.5. The second-order valence-electron chi connectivity index (χ2n) is 3.14. The fourth-order valence-corrected chi connectivity index (χ4v) is 1.65. The maximum absolute atomic E-state index is 12.9. The van der Waals surface area contributed by atoms with Crippen LogP contribution in [0.5, 0.6) is 5.75 Å². The normalized spacial score (nSPS) is 15.3. The maximum Gasteiger partial charge on any atom is 0.124 e. The number of rotatable bonds is 1. The molecule has 72 valence electrons. The Bertz CT molecular complexity index is 435. The topological polar surface area (TPSA) is 20.2 Å². The lowest BCUT2D eigenvalue weighted by molar-refractivity contribution is 0.471. The van der Waals surface area contributed by atoms with Gasteiger partial charge in [-0.2, -0.15) is 0 Å². The number of allylic oxidation sites excluding steroid dienone is 4. The van der Waals surface area contributed by atoms with Crippen molar-refractivity contribution in [2.24, 2.45) is 0 Å². The fraction of sp³-hybridized carbons (Fsp3) is 0.0909. The van der Waals surface area contributed by atoms with Crippen molar-refractivity contribution in [3.8, 4) is 5.75 Å². The van der Waals surface area contributed by atoms with Gasteiger partial charge in [-0.3, -0.25) is 0 Å². The zero-order valence-electron chi connectivity index (χ0n) is 7.30. The van der Waals surface area contributed by atoms with E-state index >= 15 is 0 Å². The summed E-state index contributed by atoms with van der Waals surface area (Å²) in [6.45, 7) is 0. The molecule has 0 aromatic heterocycles. The molecule has 1 aromatic rings. The van der Waals surface area contributed by atoms with E-state index in [9.17, 15) is 9.50 Å². The van der Waals surface area contributed by atoms with E-state index in [4.69, 9.17) is 11.6 Å². The first-order chi connectivity index (χ1) is 6.66. The Kier molecular flexibility index (Phi) is 2.30. The van der Waals surface area contributed by atoms with Gasteiger partial charge in [0.25, 0.3) is 0 Å². The number of phenols is 1. The van der Waals surface area contributed by atoms with Crippen LogP contribution in [0, 0.1) is 5.82 Å². The first-order valence-electron chi connectivity index (χ1n) is 4.21.